The van der Waals surface area contributed by atoms with Gasteiger partial charge >= 0.3 is 0 Å². The van der Waals surface area contributed by atoms with Gasteiger partial charge in [0.2, 0.25) is 0 Å². The number of nitrogens with zero attached hydrogens (tertiary/aromatic N) is 2. The highest BCUT2D eigenvalue weighted by atomic mass is 16.5. The molecule has 4 heteroatoms. The van der Waals surface area contributed by atoms with Crippen LogP contribution in [0.25, 0.3) is 0 Å². The maximum absolute atomic E-state index is 5.53. The Morgan fingerprint density at radius 3 is 2.44 bits per heavy atom. The molecule has 2 rings (SSSR count). The number of aromatic nitrogens is 2. The smallest absolute Gasteiger partial charge is 0.158 e. The first-order valence-electron chi connectivity index (χ1n) is 6.00. The zero-order chi connectivity index (χ0) is 11.4. The lowest BCUT2D eigenvalue weighted by molar-refractivity contribution is 0.227. The molecule has 1 aliphatic rings. The van der Waals surface area contributed by atoms with Crippen LogP contribution in [0.5, 0.6) is 5.75 Å². The summed E-state index contributed by atoms with van der Waals surface area (Å²) in [5.74, 6) is 2.14. The molecule has 1 fully saturated rings. The van der Waals surface area contributed by atoms with Crippen LogP contribution in [-0.2, 0) is 0 Å². The average Bonchev–Trinajstić information content (AvgIpc) is 2.30. The lowest BCUT2D eigenvalue weighted by Crippen LogP contribution is -2.22. The molecule has 0 spiro atoms. The van der Waals surface area contributed by atoms with Gasteiger partial charge in [-0.1, -0.05) is 19.3 Å². The van der Waals surface area contributed by atoms with E-state index in [-0.39, 0.29) is 6.23 Å². The molecule has 1 aliphatic carbocycles. The minimum absolute atomic E-state index is 0.316. The van der Waals surface area contributed by atoms with Gasteiger partial charge in [0.1, 0.15) is 12.1 Å². The van der Waals surface area contributed by atoms with Crippen molar-refractivity contribution >= 4 is 0 Å². The van der Waals surface area contributed by atoms with Gasteiger partial charge in [-0.2, -0.15) is 0 Å². The molecule has 2 N–H and O–H groups in total. The fourth-order valence-electron chi connectivity index (χ4n) is 2.17. The van der Waals surface area contributed by atoms with Crippen molar-refractivity contribution in [1.29, 1.82) is 0 Å². The van der Waals surface area contributed by atoms with Crippen LogP contribution in [0.15, 0.2) is 12.4 Å². The topological polar surface area (TPSA) is 61.0 Å². The first-order chi connectivity index (χ1) is 7.75. The van der Waals surface area contributed by atoms with Crippen molar-refractivity contribution in [3.8, 4) is 5.75 Å². The molecule has 0 aliphatic heterocycles. The number of nitrogens with two attached hydrogens (primary N) is 1. The number of ether oxygens (including phenoxy) is 1. The molecule has 1 atom stereocenters. The van der Waals surface area contributed by atoms with Gasteiger partial charge in [0.15, 0.2) is 5.75 Å². The molecule has 1 aromatic rings. The number of hydrogen-bond acceptors (Lipinski definition) is 4. The van der Waals surface area contributed by atoms with Gasteiger partial charge in [0.05, 0.1) is 12.4 Å². The highest BCUT2D eigenvalue weighted by Crippen LogP contribution is 2.30. The maximum atomic E-state index is 5.53. The van der Waals surface area contributed by atoms with E-state index in [1.807, 2.05) is 0 Å². The average molecular weight is 221 g/mol. The summed E-state index contributed by atoms with van der Waals surface area (Å²) in [5, 5.41) is 0. The van der Waals surface area contributed by atoms with E-state index in [4.69, 9.17) is 10.5 Å². The quantitative estimate of drug-likeness (QED) is 0.795. The van der Waals surface area contributed by atoms with Gasteiger partial charge in [0, 0.05) is 5.92 Å². The molecule has 0 aromatic carbocycles. The zero-order valence-corrected chi connectivity index (χ0v) is 9.72. The summed E-state index contributed by atoms with van der Waals surface area (Å²) in [6.45, 7) is 1.79. The van der Waals surface area contributed by atoms with E-state index in [0.29, 0.717) is 11.7 Å². The molecule has 1 unspecified atom stereocenters. The Balaban J connectivity index is 2.00. The Bertz CT molecular complexity index is 318. The van der Waals surface area contributed by atoms with Crippen LogP contribution in [0.1, 0.15) is 50.8 Å². The minimum atomic E-state index is -0.316. The molecule has 88 valence electrons. The Hall–Kier alpha value is -1.16. The van der Waals surface area contributed by atoms with E-state index in [9.17, 15) is 0 Å². The van der Waals surface area contributed by atoms with Gasteiger partial charge in [0.25, 0.3) is 0 Å². The number of rotatable bonds is 3. The van der Waals surface area contributed by atoms with Crippen LogP contribution in [0, 0.1) is 0 Å². The third-order valence-corrected chi connectivity index (χ3v) is 2.94. The third kappa shape index (κ3) is 2.92. The first kappa shape index (κ1) is 11.3. The van der Waals surface area contributed by atoms with Gasteiger partial charge < -0.3 is 4.74 Å². The van der Waals surface area contributed by atoms with Gasteiger partial charge in [-0.3, -0.25) is 5.73 Å². The summed E-state index contributed by atoms with van der Waals surface area (Å²) in [6, 6.07) is 0. The summed E-state index contributed by atoms with van der Waals surface area (Å²) in [4.78, 5) is 8.73. The highest BCUT2D eigenvalue weighted by Gasteiger charge is 2.17. The molecule has 1 saturated carbocycles. The second-order valence-corrected chi connectivity index (χ2v) is 4.43. The maximum Gasteiger partial charge on any atom is 0.158 e. The Labute approximate surface area is 96.2 Å². The van der Waals surface area contributed by atoms with Crippen molar-refractivity contribution in [1.82, 2.24) is 9.97 Å². The van der Waals surface area contributed by atoms with Crippen LogP contribution >= 0.6 is 0 Å². The molecule has 1 aromatic heterocycles. The second kappa shape index (κ2) is 5.25. The normalized spacial score (nSPS) is 19.4. The molecule has 4 nitrogen and oxygen atoms in total. The van der Waals surface area contributed by atoms with Gasteiger partial charge in [-0.25, -0.2) is 9.97 Å². The third-order valence-electron chi connectivity index (χ3n) is 2.94. The fraction of sp³-hybridized carbons (Fsp3) is 0.667. The monoisotopic (exact) mass is 221 g/mol. The number of hydrogen-bond donors (Lipinski definition) is 1. The summed E-state index contributed by atoms with van der Waals surface area (Å²) in [5.41, 5.74) is 5.53. The predicted octanol–water partition coefficient (Wildman–Crippen LogP) is 2.21. The van der Waals surface area contributed by atoms with Crippen molar-refractivity contribution in [2.24, 2.45) is 5.73 Å². The fourth-order valence-corrected chi connectivity index (χ4v) is 2.17. The standard InChI is InChI=1S/C12H19N3O/c1-9(13)16-11-7-14-12(15-8-11)10-5-3-2-4-6-10/h7-10H,2-6,13H2,1H3. The van der Waals surface area contributed by atoms with Crippen molar-refractivity contribution in [3.05, 3.63) is 18.2 Å². The first-order valence-corrected chi connectivity index (χ1v) is 6.00. The van der Waals surface area contributed by atoms with E-state index in [2.05, 4.69) is 9.97 Å². The zero-order valence-electron chi connectivity index (χ0n) is 9.72. The Morgan fingerprint density at radius 1 is 1.25 bits per heavy atom. The second-order valence-electron chi connectivity index (χ2n) is 4.43. The van der Waals surface area contributed by atoms with Crippen molar-refractivity contribution in [2.45, 2.75) is 51.2 Å². The van der Waals surface area contributed by atoms with Crippen LogP contribution in [0.3, 0.4) is 0 Å². The van der Waals surface area contributed by atoms with E-state index >= 15 is 0 Å². The van der Waals surface area contributed by atoms with Crippen molar-refractivity contribution in [2.75, 3.05) is 0 Å². The lowest BCUT2D eigenvalue weighted by atomic mass is 9.89. The van der Waals surface area contributed by atoms with Crippen LogP contribution < -0.4 is 10.5 Å². The van der Waals surface area contributed by atoms with Crippen LogP contribution in [0.4, 0.5) is 0 Å². The molecule has 0 amide bonds. The van der Waals surface area contributed by atoms with Crippen molar-refractivity contribution in [3.63, 3.8) is 0 Å². The molecular weight excluding hydrogens is 202 g/mol. The lowest BCUT2D eigenvalue weighted by Gasteiger charge is -2.20. The summed E-state index contributed by atoms with van der Waals surface area (Å²) >= 11 is 0. The van der Waals surface area contributed by atoms with E-state index in [1.165, 1.54) is 32.1 Å². The van der Waals surface area contributed by atoms with E-state index in [0.717, 1.165) is 5.82 Å². The van der Waals surface area contributed by atoms with Crippen LogP contribution in [0.2, 0.25) is 0 Å². The molecule has 0 bridgehead atoms. The summed E-state index contributed by atoms with van der Waals surface area (Å²) < 4.78 is 5.31. The molecule has 1 heterocycles. The van der Waals surface area contributed by atoms with Gasteiger partial charge in [-0.05, 0) is 19.8 Å². The Morgan fingerprint density at radius 2 is 1.88 bits per heavy atom. The van der Waals surface area contributed by atoms with E-state index in [1.54, 1.807) is 19.3 Å². The largest absolute Gasteiger partial charge is 0.473 e. The predicted molar refractivity (Wildman–Crippen MR) is 62.1 cm³/mol. The molecule has 0 saturated heterocycles. The van der Waals surface area contributed by atoms with Crippen molar-refractivity contribution < 1.29 is 4.74 Å². The SMILES string of the molecule is CC(N)Oc1cnc(C2CCCCC2)nc1. The van der Waals surface area contributed by atoms with Gasteiger partial charge in [-0.15, -0.1) is 0 Å². The van der Waals surface area contributed by atoms with E-state index < -0.39 is 0 Å². The minimum Gasteiger partial charge on any atom is -0.473 e. The Kier molecular flexibility index (Phi) is 3.72. The molecular formula is C12H19N3O. The summed E-state index contributed by atoms with van der Waals surface area (Å²) in [6.07, 6.45) is 9.51. The molecule has 16 heavy (non-hydrogen) atoms. The van der Waals surface area contributed by atoms with Crippen LogP contribution in [-0.4, -0.2) is 16.2 Å². The highest BCUT2D eigenvalue weighted by molar-refractivity contribution is 5.14. The molecule has 0 radical (unpaired) electrons. The summed E-state index contributed by atoms with van der Waals surface area (Å²) in [7, 11) is 0.